The third-order valence-electron chi connectivity index (χ3n) is 3.75. The van der Waals surface area contributed by atoms with Gasteiger partial charge < -0.3 is 10.2 Å². The van der Waals surface area contributed by atoms with E-state index in [0.717, 1.165) is 43.6 Å². The van der Waals surface area contributed by atoms with Crippen molar-refractivity contribution in [3.8, 4) is 0 Å². The Kier molecular flexibility index (Phi) is 5.48. The summed E-state index contributed by atoms with van der Waals surface area (Å²) in [6.45, 7) is 10.5. The second kappa shape index (κ2) is 7.13. The van der Waals surface area contributed by atoms with Crippen molar-refractivity contribution < 1.29 is 4.79 Å². The van der Waals surface area contributed by atoms with E-state index in [2.05, 4.69) is 33.7 Å². The molecule has 0 aromatic carbocycles. The van der Waals surface area contributed by atoms with Crippen molar-refractivity contribution in [1.82, 2.24) is 19.8 Å². The average Bonchev–Trinajstić information content (AvgIpc) is 2.85. The number of carbonyl (C=O) groups is 1. The lowest BCUT2D eigenvalue weighted by atomic mass is 9.92. The summed E-state index contributed by atoms with van der Waals surface area (Å²) >= 11 is 1.18. The molecule has 112 valence electrons. The molecule has 0 radical (unpaired) electrons. The highest BCUT2D eigenvalue weighted by Gasteiger charge is 2.21. The standard InChI is InChI=1S/C14H24N4OS/c1-4-12-13(20-17-16-12)14(19)15-5-6-18-8-10(2)7-11(3)9-18/h10-11H,4-9H2,1-3H3,(H,15,19)/t10-,11+. The van der Waals surface area contributed by atoms with Gasteiger partial charge in [-0.3, -0.25) is 4.79 Å². The quantitative estimate of drug-likeness (QED) is 0.900. The van der Waals surface area contributed by atoms with Gasteiger partial charge >= 0.3 is 0 Å². The van der Waals surface area contributed by atoms with Crippen molar-refractivity contribution in [3.63, 3.8) is 0 Å². The Labute approximate surface area is 124 Å². The van der Waals surface area contributed by atoms with Gasteiger partial charge in [-0.15, -0.1) is 5.10 Å². The maximum atomic E-state index is 12.1. The smallest absolute Gasteiger partial charge is 0.264 e. The van der Waals surface area contributed by atoms with Gasteiger partial charge in [0.05, 0.1) is 5.69 Å². The van der Waals surface area contributed by atoms with Gasteiger partial charge in [-0.1, -0.05) is 25.3 Å². The zero-order valence-corrected chi connectivity index (χ0v) is 13.4. The van der Waals surface area contributed by atoms with Crippen LogP contribution in [0.4, 0.5) is 0 Å². The summed E-state index contributed by atoms with van der Waals surface area (Å²) in [5.74, 6) is 1.48. The zero-order valence-electron chi connectivity index (χ0n) is 12.6. The minimum absolute atomic E-state index is 0.0324. The molecule has 1 aliphatic heterocycles. The predicted octanol–water partition coefficient (Wildman–Crippen LogP) is 1.81. The van der Waals surface area contributed by atoms with Crippen LogP contribution in [0.3, 0.4) is 0 Å². The number of likely N-dealkylation sites (tertiary alicyclic amines) is 1. The van der Waals surface area contributed by atoms with Crippen LogP contribution in [-0.2, 0) is 6.42 Å². The van der Waals surface area contributed by atoms with E-state index in [9.17, 15) is 4.79 Å². The summed E-state index contributed by atoms with van der Waals surface area (Å²) in [4.78, 5) is 15.2. The third-order valence-corrected chi connectivity index (χ3v) is 4.52. The number of amides is 1. The Morgan fingerprint density at radius 3 is 2.75 bits per heavy atom. The minimum atomic E-state index is -0.0324. The van der Waals surface area contributed by atoms with Crippen LogP contribution in [0.15, 0.2) is 0 Å². The van der Waals surface area contributed by atoms with Crippen molar-refractivity contribution in [3.05, 3.63) is 10.6 Å². The third kappa shape index (κ3) is 3.99. The van der Waals surface area contributed by atoms with Crippen LogP contribution in [0.1, 0.15) is 42.6 Å². The van der Waals surface area contributed by atoms with Gasteiger partial charge in [0.1, 0.15) is 4.88 Å². The van der Waals surface area contributed by atoms with Crippen LogP contribution in [0, 0.1) is 11.8 Å². The van der Waals surface area contributed by atoms with Gasteiger partial charge in [0.25, 0.3) is 5.91 Å². The molecule has 1 aromatic rings. The summed E-state index contributed by atoms with van der Waals surface area (Å²) in [7, 11) is 0. The van der Waals surface area contributed by atoms with Crippen molar-refractivity contribution in [1.29, 1.82) is 0 Å². The minimum Gasteiger partial charge on any atom is -0.350 e. The number of hydrogen-bond donors (Lipinski definition) is 1. The fraction of sp³-hybridized carbons (Fsp3) is 0.786. The number of aromatic nitrogens is 2. The molecule has 1 aromatic heterocycles. The van der Waals surface area contributed by atoms with Gasteiger partial charge in [0.2, 0.25) is 0 Å². The molecule has 1 saturated heterocycles. The molecule has 2 heterocycles. The highest BCUT2D eigenvalue weighted by atomic mass is 32.1. The number of rotatable bonds is 5. The molecule has 0 bridgehead atoms. The van der Waals surface area contributed by atoms with E-state index in [1.54, 1.807) is 0 Å². The summed E-state index contributed by atoms with van der Waals surface area (Å²) in [6.07, 6.45) is 2.07. The van der Waals surface area contributed by atoms with Gasteiger partial charge in [0.15, 0.2) is 0 Å². The van der Waals surface area contributed by atoms with Crippen molar-refractivity contribution in [2.45, 2.75) is 33.6 Å². The van der Waals surface area contributed by atoms with Gasteiger partial charge in [-0.25, -0.2) is 0 Å². The lowest BCUT2D eigenvalue weighted by Gasteiger charge is -2.34. The maximum Gasteiger partial charge on any atom is 0.264 e. The van der Waals surface area contributed by atoms with Crippen molar-refractivity contribution in [2.24, 2.45) is 11.8 Å². The topological polar surface area (TPSA) is 58.1 Å². The molecule has 2 rings (SSSR count). The molecule has 2 atom stereocenters. The fourth-order valence-corrected chi connectivity index (χ4v) is 3.66. The van der Waals surface area contributed by atoms with E-state index in [4.69, 9.17) is 0 Å². The van der Waals surface area contributed by atoms with Crippen LogP contribution in [-0.4, -0.2) is 46.6 Å². The lowest BCUT2D eigenvalue weighted by Crippen LogP contribution is -2.42. The summed E-state index contributed by atoms with van der Waals surface area (Å²) in [6, 6.07) is 0. The normalized spacial score (nSPS) is 23.8. The van der Waals surface area contributed by atoms with E-state index in [0.29, 0.717) is 11.4 Å². The first-order chi connectivity index (χ1) is 9.60. The van der Waals surface area contributed by atoms with E-state index >= 15 is 0 Å². The first-order valence-electron chi connectivity index (χ1n) is 7.42. The number of piperidine rings is 1. The summed E-state index contributed by atoms with van der Waals surface area (Å²) < 4.78 is 3.85. The lowest BCUT2D eigenvalue weighted by molar-refractivity contribution is 0.0939. The van der Waals surface area contributed by atoms with Gasteiger partial charge in [-0.2, -0.15) is 0 Å². The number of hydrogen-bond acceptors (Lipinski definition) is 5. The second-order valence-electron chi connectivity index (χ2n) is 5.86. The molecule has 20 heavy (non-hydrogen) atoms. The number of carbonyl (C=O) groups excluding carboxylic acids is 1. The largest absolute Gasteiger partial charge is 0.350 e. The Morgan fingerprint density at radius 2 is 2.10 bits per heavy atom. The number of nitrogens with one attached hydrogen (secondary N) is 1. The maximum absolute atomic E-state index is 12.1. The number of nitrogens with zero attached hydrogens (tertiary/aromatic N) is 3. The molecule has 5 nitrogen and oxygen atoms in total. The second-order valence-corrected chi connectivity index (χ2v) is 6.62. The monoisotopic (exact) mass is 296 g/mol. The molecule has 0 unspecified atom stereocenters. The van der Waals surface area contributed by atoms with E-state index in [-0.39, 0.29) is 5.91 Å². The molecule has 6 heteroatoms. The van der Waals surface area contributed by atoms with E-state index in [1.807, 2.05) is 6.92 Å². The molecule has 1 amide bonds. The Bertz CT molecular complexity index is 438. The molecule has 0 saturated carbocycles. The van der Waals surface area contributed by atoms with Crippen LogP contribution in [0.25, 0.3) is 0 Å². The first-order valence-corrected chi connectivity index (χ1v) is 8.19. The molecule has 0 aliphatic carbocycles. The molecule has 1 aliphatic rings. The number of aryl methyl sites for hydroxylation is 1. The van der Waals surface area contributed by atoms with Crippen molar-refractivity contribution in [2.75, 3.05) is 26.2 Å². The Morgan fingerprint density at radius 1 is 1.40 bits per heavy atom. The Hall–Kier alpha value is -1.01. The zero-order chi connectivity index (χ0) is 14.5. The highest BCUT2D eigenvalue weighted by Crippen LogP contribution is 2.20. The fourth-order valence-electron chi connectivity index (χ4n) is 2.99. The summed E-state index contributed by atoms with van der Waals surface area (Å²) in [5, 5.41) is 6.96. The SMILES string of the molecule is CCc1nnsc1C(=O)NCCN1C[C@H](C)C[C@H](C)C1. The van der Waals surface area contributed by atoms with E-state index in [1.165, 1.54) is 18.0 Å². The van der Waals surface area contributed by atoms with Crippen LogP contribution >= 0.6 is 11.5 Å². The average molecular weight is 296 g/mol. The Balaban J connectivity index is 1.77. The van der Waals surface area contributed by atoms with Gasteiger partial charge in [0, 0.05) is 26.2 Å². The first kappa shape index (κ1) is 15.4. The highest BCUT2D eigenvalue weighted by molar-refractivity contribution is 7.08. The van der Waals surface area contributed by atoms with Crippen LogP contribution < -0.4 is 5.32 Å². The molecular weight excluding hydrogens is 272 g/mol. The van der Waals surface area contributed by atoms with Crippen LogP contribution in [0.5, 0.6) is 0 Å². The molecule has 1 N–H and O–H groups in total. The summed E-state index contributed by atoms with van der Waals surface area (Å²) in [5.41, 5.74) is 0.799. The molecular formula is C14H24N4OS. The van der Waals surface area contributed by atoms with E-state index < -0.39 is 0 Å². The predicted molar refractivity (Wildman–Crippen MR) is 81.0 cm³/mol. The molecule has 0 spiro atoms. The van der Waals surface area contributed by atoms with Crippen LogP contribution in [0.2, 0.25) is 0 Å². The van der Waals surface area contributed by atoms with Crippen molar-refractivity contribution >= 4 is 17.4 Å². The van der Waals surface area contributed by atoms with Gasteiger partial charge in [-0.05, 0) is 36.2 Å². The molecule has 1 fully saturated rings.